The Bertz CT molecular complexity index is 303. The van der Waals surface area contributed by atoms with Gasteiger partial charge in [0.25, 0.3) is 0 Å². The van der Waals surface area contributed by atoms with E-state index < -0.39 is 0 Å². The number of anilines is 1. The number of benzene rings is 1. The largest absolute Gasteiger partial charge is 0.385 e. The van der Waals surface area contributed by atoms with E-state index in [2.05, 4.69) is 54.5 Å². The van der Waals surface area contributed by atoms with E-state index in [9.17, 15) is 0 Å². The Balaban J connectivity index is 2.11. The second-order valence-corrected chi connectivity index (χ2v) is 4.75. The molecular weight excluding hydrogens is 224 g/mol. The summed E-state index contributed by atoms with van der Waals surface area (Å²) in [5.41, 5.74) is 1.28. The molecule has 0 saturated heterocycles. The van der Waals surface area contributed by atoms with Crippen molar-refractivity contribution in [3.05, 3.63) is 30.3 Å². The number of ether oxygens (including phenoxy) is 1. The van der Waals surface area contributed by atoms with E-state index in [-0.39, 0.29) is 0 Å². The maximum atomic E-state index is 5.07. The van der Waals surface area contributed by atoms with E-state index in [0.29, 0.717) is 6.04 Å². The highest BCUT2D eigenvalue weighted by Crippen LogP contribution is 2.10. The molecule has 3 nitrogen and oxygen atoms in total. The zero-order valence-corrected chi connectivity index (χ0v) is 11.9. The topological polar surface area (TPSA) is 24.5 Å². The van der Waals surface area contributed by atoms with E-state index in [0.717, 1.165) is 32.5 Å². The number of hydrogen-bond acceptors (Lipinski definition) is 3. The molecule has 102 valence electrons. The van der Waals surface area contributed by atoms with Crippen LogP contribution in [0.4, 0.5) is 5.69 Å². The first kappa shape index (κ1) is 15.0. The second kappa shape index (κ2) is 8.95. The molecule has 18 heavy (non-hydrogen) atoms. The summed E-state index contributed by atoms with van der Waals surface area (Å²) in [7, 11) is 3.89. The molecule has 0 fully saturated rings. The molecule has 0 radical (unpaired) electrons. The van der Waals surface area contributed by atoms with Crippen LogP contribution >= 0.6 is 0 Å². The summed E-state index contributed by atoms with van der Waals surface area (Å²) in [6, 6.07) is 11.0. The van der Waals surface area contributed by atoms with Crippen LogP contribution < -0.4 is 10.2 Å². The highest BCUT2D eigenvalue weighted by Gasteiger charge is 2.02. The predicted molar refractivity (Wildman–Crippen MR) is 78.3 cm³/mol. The van der Waals surface area contributed by atoms with Gasteiger partial charge in [0.15, 0.2) is 0 Å². The summed E-state index contributed by atoms with van der Waals surface area (Å²) in [4.78, 5) is 2.29. The molecule has 3 heteroatoms. The number of rotatable bonds is 9. The zero-order chi connectivity index (χ0) is 13.2. The summed E-state index contributed by atoms with van der Waals surface area (Å²) in [5, 5.41) is 3.52. The molecule has 0 aromatic heterocycles. The molecule has 0 aliphatic heterocycles. The Hall–Kier alpha value is -1.06. The molecule has 0 bridgehead atoms. The molecule has 0 aliphatic rings. The van der Waals surface area contributed by atoms with E-state index in [1.165, 1.54) is 5.69 Å². The highest BCUT2D eigenvalue weighted by molar-refractivity contribution is 5.44. The van der Waals surface area contributed by atoms with Crippen molar-refractivity contribution >= 4 is 5.69 Å². The van der Waals surface area contributed by atoms with Crippen LogP contribution in [0.5, 0.6) is 0 Å². The minimum Gasteiger partial charge on any atom is -0.385 e. The van der Waals surface area contributed by atoms with Gasteiger partial charge >= 0.3 is 0 Å². The maximum absolute atomic E-state index is 5.07. The normalized spacial score (nSPS) is 12.4. The fourth-order valence-corrected chi connectivity index (χ4v) is 1.87. The molecular formula is C15H26N2O. The summed E-state index contributed by atoms with van der Waals surface area (Å²) in [6.07, 6.45) is 2.23. The highest BCUT2D eigenvalue weighted by atomic mass is 16.5. The van der Waals surface area contributed by atoms with Crippen molar-refractivity contribution in [3.63, 3.8) is 0 Å². The SMILES string of the molecule is COCCC(C)NCCCN(C)c1ccccc1. The van der Waals surface area contributed by atoms with Gasteiger partial charge in [0.2, 0.25) is 0 Å². The molecule has 1 rings (SSSR count). The Kier molecular flexibility index (Phi) is 7.46. The molecule has 1 atom stereocenters. The van der Waals surface area contributed by atoms with Crippen LogP contribution in [0.15, 0.2) is 30.3 Å². The van der Waals surface area contributed by atoms with Gasteiger partial charge in [-0.3, -0.25) is 0 Å². The number of nitrogens with zero attached hydrogens (tertiary/aromatic N) is 1. The van der Waals surface area contributed by atoms with Gasteiger partial charge in [-0.1, -0.05) is 18.2 Å². The number of hydrogen-bond donors (Lipinski definition) is 1. The van der Waals surface area contributed by atoms with E-state index >= 15 is 0 Å². The Morgan fingerprint density at radius 2 is 2.00 bits per heavy atom. The third-order valence-corrected chi connectivity index (χ3v) is 3.12. The summed E-state index contributed by atoms with van der Waals surface area (Å²) in [5.74, 6) is 0. The molecule has 0 aliphatic carbocycles. The van der Waals surface area contributed by atoms with E-state index in [1.807, 2.05) is 0 Å². The van der Waals surface area contributed by atoms with Crippen LogP contribution in [0.3, 0.4) is 0 Å². The van der Waals surface area contributed by atoms with Gasteiger partial charge in [-0.2, -0.15) is 0 Å². The van der Waals surface area contributed by atoms with Crippen LogP contribution in [0.2, 0.25) is 0 Å². The standard InChI is InChI=1S/C15H26N2O/c1-14(10-13-18-3)16-11-7-12-17(2)15-8-5-4-6-9-15/h4-6,8-9,14,16H,7,10-13H2,1-3H3. The van der Waals surface area contributed by atoms with Crippen molar-refractivity contribution in [3.8, 4) is 0 Å². The van der Waals surface area contributed by atoms with Gasteiger partial charge in [0.1, 0.15) is 0 Å². The number of methoxy groups -OCH3 is 1. The molecule has 1 aromatic carbocycles. The van der Waals surface area contributed by atoms with Crippen molar-refractivity contribution in [2.45, 2.75) is 25.8 Å². The molecule has 1 unspecified atom stereocenters. The molecule has 0 saturated carbocycles. The molecule has 0 spiro atoms. The summed E-state index contributed by atoms with van der Waals surface area (Å²) in [6.45, 7) is 5.17. The first-order valence-corrected chi connectivity index (χ1v) is 6.72. The van der Waals surface area contributed by atoms with Gasteiger partial charge in [-0.05, 0) is 38.4 Å². The minimum atomic E-state index is 0.534. The average molecular weight is 250 g/mol. The molecule has 1 N–H and O–H groups in total. The second-order valence-electron chi connectivity index (χ2n) is 4.75. The van der Waals surface area contributed by atoms with E-state index in [1.54, 1.807) is 7.11 Å². The third-order valence-electron chi connectivity index (χ3n) is 3.12. The van der Waals surface area contributed by atoms with Crippen molar-refractivity contribution in [1.29, 1.82) is 0 Å². The number of nitrogens with one attached hydrogen (secondary N) is 1. The van der Waals surface area contributed by atoms with Gasteiger partial charge in [0, 0.05) is 39.0 Å². The first-order valence-electron chi connectivity index (χ1n) is 6.72. The average Bonchev–Trinajstić information content (AvgIpc) is 2.42. The Morgan fingerprint density at radius 1 is 1.28 bits per heavy atom. The summed E-state index contributed by atoms with van der Waals surface area (Å²) < 4.78 is 5.07. The van der Waals surface area contributed by atoms with Crippen LogP contribution in [0.1, 0.15) is 19.8 Å². The minimum absolute atomic E-state index is 0.534. The summed E-state index contributed by atoms with van der Waals surface area (Å²) >= 11 is 0. The monoisotopic (exact) mass is 250 g/mol. The van der Waals surface area contributed by atoms with Crippen molar-refractivity contribution < 1.29 is 4.74 Å². The lowest BCUT2D eigenvalue weighted by Crippen LogP contribution is -2.30. The fourth-order valence-electron chi connectivity index (χ4n) is 1.87. The lowest BCUT2D eigenvalue weighted by molar-refractivity contribution is 0.185. The van der Waals surface area contributed by atoms with Gasteiger partial charge in [-0.25, -0.2) is 0 Å². The lowest BCUT2D eigenvalue weighted by atomic mass is 10.2. The predicted octanol–water partition coefficient (Wildman–Crippen LogP) is 2.53. The molecule has 0 amide bonds. The van der Waals surface area contributed by atoms with Crippen LogP contribution in [0, 0.1) is 0 Å². The zero-order valence-electron chi connectivity index (χ0n) is 11.9. The third kappa shape index (κ3) is 6.03. The smallest absolute Gasteiger partial charge is 0.0476 e. The van der Waals surface area contributed by atoms with Crippen LogP contribution in [-0.4, -0.2) is 39.9 Å². The van der Waals surface area contributed by atoms with Gasteiger partial charge in [0.05, 0.1) is 0 Å². The number of para-hydroxylation sites is 1. The van der Waals surface area contributed by atoms with Crippen molar-refractivity contribution in [2.24, 2.45) is 0 Å². The molecule has 1 aromatic rings. The van der Waals surface area contributed by atoms with Gasteiger partial charge in [-0.15, -0.1) is 0 Å². The molecule has 0 heterocycles. The van der Waals surface area contributed by atoms with Crippen LogP contribution in [0.25, 0.3) is 0 Å². The first-order chi connectivity index (χ1) is 8.74. The van der Waals surface area contributed by atoms with Gasteiger partial charge < -0.3 is 15.0 Å². The van der Waals surface area contributed by atoms with Crippen molar-refractivity contribution in [2.75, 3.05) is 38.8 Å². The maximum Gasteiger partial charge on any atom is 0.0476 e. The Labute approximate surface area is 111 Å². The Morgan fingerprint density at radius 3 is 2.67 bits per heavy atom. The quantitative estimate of drug-likeness (QED) is 0.682. The fraction of sp³-hybridized carbons (Fsp3) is 0.600. The van der Waals surface area contributed by atoms with E-state index in [4.69, 9.17) is 4.74 Å². The lowest BCUT2D eigenvalue weighted by Gasteiger charge is -2.20. The van der Waals surface area contributed by atoms with Crippen LogP contribution in [-0.2, 0) is 4.74 Å². The van der Waals surface area contributed by atoms with Crippen molar-refractivity contribution in [1.82, 2.24) is 5.32 Å².